The largest absolute Gasteiger partial charge is 0.376 e. The first kappa shape index (κ1) is 13.4. The van der Waals surface area contributed by atoms with Crippen molar-refractivity contribution in [1.82, 2.24) is 9.78 Å². The summed E-state index contributed by atoms with van der Waals surface area (Å²) in [5.74, 6) is 0. The third kappa shape index (κ3) is 2.78. The highest BCUT2D eigenvalue weighted by Gasteiger charge is 2.11. The second kappa shape index (κ2) is 5.81. The van der Waals surface area contributed by atoms with Gasteiger partial charge in [0, 0.05) is 17.3 Å². The lowest BCUT2D eigenvalue weighted by atomic mass is 10.2. The van der Waals surface area contributed by atoms with Crippen LogP contribution in [0.1, 0.15) is 17.8 Å². The summed E-state index contributed by atoms with van der Waals surface area (Å²) >= 11 is 5.26. The number of hydrogen-bond acceptors (Lipinski definition) is 3. The van der Waals surface area contributed by atoms with E-state index in [0.29, 0.717) is 0 Å². The highest BCUT2D eigenvalue weighted by molar-refractivity contribution is 9.11. The molecule has 2 aromatic heterocycles. The summed E-state index contributed by atoms with van der Waals surface area (Å²) in [5, 5.41) is 7.86. The van der Waals surface area contributed by atoms with Crippen molar-refractivity contribution in [3.63, 3.8) is 0 Å². The standard InChI is InChI=1S/C15H14BrN3S/c1-11(14-7-8-15(16)20-14)18-12-5-2-3-6-13(12)19-10-4-9-17-19/h2-11,18H,1H3. The second-order valence-corrected chi connectivity index (χ2v) is 6.97. The van der Waals surface area contributed by atoms with Gasteiger partial charge in [-0.3, -0.25) is 0 Å². The van der Waals surface area contributed by atoms with Crippen LogP contribution in [0.3, 0.4) is 0 Å². The molecule has 1 unspecified atom stereocenters. The maximum Gasteiger partial charge on any atom is 0.0877 e. The van der Waals surface area contributed by atoms with E-state index in [2.05, 4.69) is 57.5 Å². The Balaban J connectivity index is 1.88. The molecule has 20 heavy (non-hydrogen) atoms. The van der Waals surface area contributed by atoms with Gasteiger partial charge < -0.3 is 5.32 Å². The van der Waals surface area contributed by atoms with Crippen molar-refractivity contribution in [3.05, 3.63) is 63.5 Å². The van der Waals surface area contributed by atoms with Gasteiger partial charge in [0.2, 0.25) is 0 Å². The van der Waals surface area contributed by atoms with E-state index in [1.807, 2.05) is 29.1 Å². The first-order valence-corrected chi connectivity index (χ1v) is 7.96. The van der Waals surface area contributed by atoms with Crippen molar-refractivity contribution in [2.24, 2.45) is 0 Å². The Hall–Kier alpha value is -1.59. The lowest BCUT2D eigenvalue weighted by Crippen LogP contribution is -2.08. The van der Waals surface area contributed by atoms with Crippen LogP contribution in [0.15, 0.2) is 58.6 Å². The summed E-state index contributed by atoms with van der Waals surface area (Å²) in [6.07, 6.45) is 3.74. The van der Waals surface area contributed by atoms with Crippen LogP contribution in [0.5, 0.6) is 0 Å². The molecule has 0 aliphatic rings. The summed E-state index contributed by atoms with van der Waals surface area (Å²) in [4.78, 5) is 1.30. The number of para-hydroxylation sites is 2. The fraction of sp³-hybridized carbons (Fsp3) is 0.133. The van der Waals surface area contributed by atoms with Crippen LogP contribution in [0.4, 0.5) is 5.69 Å². The van der Waals surface area contributed by atoms with Gasteiger partial charge in [-0.2, -0.15) is 5.10 Å². The Bertz CT molecular complexity index is 691. The normalized spacial score (nSPS) is 12.3. The maximum absolute atomic E-state index is 4.30. The zero-order valence-corrected chi connectivity index (χ0v) is 13.4. The molecule has 2 heterocycles. The van der Waals surface area contributed by atoms with Gasteiger partial charge in [0.1, 0.15) is 0 Å². The number of anilines is 1. The molecule has 0 amide bonds. The Labute approximate surface area is 130 Å². The number of halogens is 1. The summed E-state index contributed by atoms with van der Waals surface area (Å²) in [5.41, 5.74) is 2.13. The van der Waals surface area contributed by atoms with Crippen LogP contribution in [-0.2, 0) is 0 Å². The zero-order valence-electron chi connectivity index (χ0n) is 11.0. The van der Waals surface area contributed by atoms with E-state index < -0.39 is 0 Å². The molecule has 0 bridgehead atoms. The van der Waals surface area contributed by atoms with Gasteiger partial charge in [-0.05, 0) is 53.2 Å². The molecule has 3 aromatic rings. The highest BCUT2D eigenvalue weighted by atomic mass is 79.9. The van der Waals surface area contributed by atoms with E-state index in [9.17, 15) is 0 Å². The number of benzene rings is 1. The highest BCUT2D eigenvalue weighted by Crippen LogP contribution is 2.30. The Morgan fingerprint density at radius 1 is 1.20 bits per heavy atom. The molecular formula is C15H14BrN3S. The number of nitrogens with zero attached hydrogens (tertiary/aromatic N) is 2. The monoisotopic (exact) mass is 347 g/mol. The lowest BCUT2D eigenvalue weighted by Gasteiger charge is -2.17. The first-order valence-electron chi connectivity index (χ1n) is 6.35. The molecule has 1 aromatic carbocycles. The molecule has 1 atom stereocenters. The van der Waals surface area contributed by atoms with Crippen LogP contribution in [-0.4, -0.2) is 9.78 Å². The van der Waals surface area contributed by atoms with E-state index in [1.165, 1.54) is 4.88 Å². The molecular weight excluding hydrogens is 334 g/mol. The number of hydrogen-bond donors (Lipinski definition) is 1. The summed E-state index contributed by atoms with van der Waals surface area (Å²) in [6.45, 7) is 2.16. The fourth-order valence-electron chi connectivity index (χ4n) is 2.07. The summed E-state index contributed by atoms with van der Waals surface area (Å²) in [7, 11) is 0. The second-order valence-electron chi connectivity index (χ2n) is 4.48. The Kier molecular flexibility index (Phi) is 3.89. The molecule has 0 aliphatic heterocycles. The van der Waals surface area contributed by atoms with Crippen molar-refractivity contribution in [2.45, 2.75) is 13.0 Å². The van der Waals surface area contributed by atoms with Gasteiger partial charge >= 0.3 is 0 Å². The predicted molar refractivity (Wildman–Crippen MR) is 87.6 cm³/mol. The molecule has 0 spiro atoms. The van der Waals surface area contributed by atoms with Gasteiger partial charge in [0.05, 0.1) is 21.2 Å². The van der Waals surface area contributed by atoms with E-state index >= 15 is 0 Å². The predicted octanol–water partition coefficient (Wildman–Crippen LogP) is 4.87. The third-order valence-corrected chi connectivity index (χ3v) is 4.85. The van der Waals surface area contributed by atoms with Crippen molar-refractivity contribution in [2.75, 3.05) is 5.32 Å². The molecule has 1 N–H and O–H groups in total. The molecule has 5 heteroatoms. The van der Waals surface area contributed by atoms with Crippen LogP contribution in [0.2, 0.25) is 0 Å². The number of nitrogens with one attached hydrogen (secondary N) is 1. The Morgan fingerprint density at radius 3 is 2.75 bits per heavy atom. The number of aromatic nitrogens is 2. The van der Waals surface area contributed by atoms with Gasteiger partial charge in [0.25, 0.3) is 0 Å². The van der Waals surface area contributed by atoms with E-state index in [1.54, 1.807) is 17.5 Å². The zero-order chi connectivity index (χ0) is 13.9. The topological polar surface area (TPSA) is 29.9 Å². The molecule has 3 rings (SSSR count). The van der Waals surface area contributed by atoms with E-state index in [-0.39, 0.29) is 6.04 Å². The quantitative estimate of drug-likeness (QED) is 0.729. The maximum atomic E-state index is 4.30. The molecule has 3 nitrogen and oxygen atoms in total. The average molecular weight is 348 g/mol. The van der Waals surface area contributed by atoms with E-state index in [0.717, 1.165) is 15.2 Å². The van der Waals surface area contributed by atoms with Crippen molar-refractivity contribution in [3.8, 4) is 5.69 Å². The fourth-order valence-corrected chi connectivity index (χ4v) is 3.50. The lowest BCUT2D eigenvalue weighted by molar-refractivity contribution is 0.862. The third-order valence-electron chi connectivity index (χ3n) is 3.05. The van der Waals surface area contributed by atoms with Gasteiger partial charge in [-0.1, -0.05) is 12.1 Å². The van der Waals surface area contributed by atoms with Crippen LogP contribution in [0, 0.1) is 0 Å². The molecule has 102 valence electrons. The van der Waals surface area contributed by atoms with Gasteiger partial charge in [-0.25, -0.2) is 4.68 Å². The minimum absolute atomic E-state index is 0.253. The molecule has 0 saturated carbocycles. The van der Waals surface area contributed by atoms with Gasteiger partial charge in [0.15, 0.2) is 0 Å². The minimum atomic E-state index is 0.253. The molecule has 0 radical (unpaired) electrons. The average Bonchev–Trinajstić information content (AvgIpc) is 3.10. The van der Waals surface area contributed by atoms with Gasteiger partial charge in [-0.15, -0.1) is 11.3 Å². The van der Waals surface area contributed by atoms with Crippen LogP contribution >= 0.6 is 27.3 Å². The number of rotatable bonds is 4. The SMILES string of the molecule is CC(Nc1ccccc1-n1cccn1)c1ccc(Br)s1. The molecule has 0 fully saturated rings. The minimum Gasteiger partial charge on any atom is -0.376 e. The Morgan fingerprint density at radius 2 is 2.05 bits per heavy atom. The summed E-state index contributed by atoms with van der Waals surface area (Å²) < 4.78 is 3.03. The van der Waals surface area contributed by atoms with Crippen molar-refractivity contribution in [1.29, 1.82) is 0 Å². The van der Waals surface area contributed by atoms with E-state index in [4.69, 9.17) is 0 Å². The van der Waals surface area contributed by atoms with Crippen molar-refractivity contribution < 1.29 is 0 Å². The van der Waals surface area contributed by atoms with Crippen LogP contribution in [0.25, 0.3) is 5.69 Å². The smallest absolute Gasteiger partial charge is 0.0877 e. The van der Waals surface area contributed by atoms with Crippen molar-refractivity contribution >= 4 is 33.0 Å². The summed E-state index contributed by atoms with van der Waals surface area (Å²) in [6, 6.07) is 14.6. The molecule has 0 saturated heterocycles. The molecule has 0 aliphatic carbocycles. The first-order chi connectivity index (χ1) is 9.74. The number of thiophene rings is 1. The van der Waals surface area contributed by atoms with Crippen LogP contribution < -0.4 is 5.32 Å².